The highest BCUT2D eigenvalue weighted by molar-refractivity contribution is 6.06. The van der Waals surface area contributed by atoms with Gasteiger partial charge < -0.3 is 29.9 Å². The molecule has 2 unspecified atom stereocenters. The molecule has 4 bridgehead atoms. The molecule has 264 valence electrons. The van der Waals surface area contributed by atoms with Crippen LogP contribution in [0.1, 0.15) is 50.3 Å². The molecule has 2 aliphatic heterocycles. The Kier molecular flexibility index (Phi) is 9.48. The Labute approximate surface area is 292 Å². The summed E-state index contributed by atoms with van der Waals surface area (Å²) in [5.41, 5.74) is 1.51. The zero-order chi connectivity index (χ0) is 33.6. The number of nitrogens with zero attached hydrogens (tertiary/aromatic N) is 2. The molecule has 1 aromatic rings. The number of carbonyl (C=O) groups is 3. The summed E-state index contributed by atoms with van der Waals surface area (Å²) in [7, 11) is 7.00. The maximum Gasteiger partial charge on any atom is 0.220 e. The van der Waals surface area contributed by atoms with Crippen LogP contribution in [0.15, 0.2) is 70.9 Å². The van der Waals surface area contributed by atoms with E-state index in [4.69, 9.17) is 9.47 Å². The summed E-state index contributed by atoms with van der Waals surface area (Å²) in [5.74, 6) is -0.634. The predicted molar refractivity (Wildman–Crippen MR) is 183 cm³/mol. The SMILES string of the molecule is C.COC1=CC2[C@@H]3C=C4C=CC(=O)C(O)=C4[C@]2(CCN3C)CC1=O.COC1=CC2[C@@H]3[C@H](O)c4ccc(O)c(O)c4[C@]2(CCN3C)CC1=O.Cl. The highest BCUT2D eigenvalue weighted by Gasteiger charge is 2.60. The summed E-state index contributed by atoms with van der Waals surface area (Å²) in [6.07, 6.45) is 10.0. The maximum atomic E-state index is 12.5. The van der Waals surface area contributed by atoms with Crippen molar-refractivity contribution in [2.75, 3.05) is 41.4 Å². The van der Waals surface area contributed by atoms with E-state index in [0.29, 0.717) is 41.2 Å². The second-order valence-electron chi connectivity index (χ2n) is 13.9. The smallest absolute Gasteiger partial charge is 0.220 e. The number of aliphatic hydroxyl groups is 2. The zero-order valence-electron chi connectivity index (χ0n) is 27.3. The number of likely N-dealkylation sites (N-methyl/N-ethyl adjacent to an activating group) is 2. The molecule has 0 saturated carbocycles. The molecule has 2 heterocycles. The number of ether oxygens (including phenoxy) is 2. The number of phenols is 2. The Morgan fingerprint density at radius 3 is 2.06 bits per heavy atom. The first-order valence-corrected chi connectivity index (χ1v) is 16.0. The van der Waals surface area contributed by atoms with E-state index in [-0.39, 0.29) is 91.2 Å². The average molecular weight is 697 g/mol. The van der Waals surface area contributed by atoms with Crippen molar-refractivity contribution in [2.24, 2.45) is 17.3 Å². The van der Waals surface area contributed by atoms with Crippen LogP contribution >= 0.6 is 12.4 Å². The number of carbonyl (C=O) groups excluding carboxylic acids is 3. The Morgan fingerprint density at radius 1 is 0.816 bits per heavy atom. The lowest BCUT2D eigenvalue weighted by molar-refractivity contribution is -0.125. The number of hydrogen-bond acceptors (Lipinski definition) is 11. The molecule has 4 N–H and O–H groups in total. The van der Waals surface area contributed by atoms with Crippen molar-refractivity contribution in [3.63, 3.8) is 0 Å². The standard InChI is InChI=1S/C18H21NO5.C18H19NO4.CH4.ClH/c1-19-6-5-18-8-12(21)13(24-2)7-10(18)15(19)16(22)9-3-4-11(20)17(23)14(9)18;1-19-6-5-18-9-14(21)15(23-2)8-11(18)12(19)7-10-3-4-13(20)17(22)16(10)18;;/h3-4,7,10,15-16,20,22-23H,5-6,8H2,1-2H3;3-4,7-8,11-12,22H,5-6,9H2,1-2H3;1H4;1H/t10?,15-,16-,18-;11?,12-,18+;;/m10../s1. The van der Waals surface area contributed by atoms with E-state index >= 15 is 0 Å². The second-order valence-corrected chi connectivity index (χ2v) is 13.9. The van der Waals surface area contributed by atoms with Crippen molar-refractivity contribution >= 4 is 29.8 Å². The van der Waals surface area contributed by atoms with Gasteiger partial charge in [0.1, 0.15) is 0 Å². The molecule has 12 heteroatoms. The third kappa shape index (κ3) is 5.08. The van der Waals surface area contributed by atoms with Crippen molar-refractivity contribution in [3.8, 4) is 11.5 Å². The number of methoxy groups -OCH3 is 2. The Balaban J connectivity index is 0.000000184. The molecule has 7 aliphatic rings. The number of phenolic OH excluding ortho intramolecular Hbond substituents is 2. The normalized spacial score (nSPS) is 34.2. The number of rotatable bonds is 2. The van der Waals surface area contributed by atoms with Gasteiger partial charge in [-0.15, -0.1) is 12.4 Å². The molecule has 1 aromatic carbocycles. The Morgan fingerprint density at radius 2 is 1.41 bits per heavy atom. The highest BCUT2D eigenvalue weighted by atomic mass is 35.5. The molecule has 2 fully saturated rings. The van der Waals surface area contributed by atoms with E-state index in [0.717, 1.165) is 18.5 Å². The lowest BCUT2D eigenvalue weighted by Gasteiger charge is -2.57. The van der Waals surface area contributed by atoms with Crippen LogP contribution in [0.2, 0.25) is 0 Å². The van der Waals surface area contributed by atoms with Crippen LogP contribution in [0, 0.1) is 17.3 Å². The van der Waals surface area contributed by atoms with E-state index < -0.39 is 16.9 Å². The van der Waals surface area contributed by atoms with E-state index in [1.54, 1.807) is 18.2 Å². The summed E-state index contributed by atoms with van der Waals surface area (Å²) >= 11 is 0. The van der Waals surface area contributed by atoms with Crippen molar-refractivity contribution in [2.45, 2.75) is 56.7 Å². The molecule has 8 rings (SSSR count). The molecule has 2 saturated heterocycles. The minimum atomic E-state index is -0.808. The quantitative estimate of drug-likeness (QED) is 0.332. The topological polar surface area (TPSA) is 157 Å². The van der Waals surface area contributed by atoms with Crippen molar-refractivity contribution < 1.29 is 44.3 Å². The van der Waals surface area contributed by atoms with Gasteiger partial charge in [-0.3, -0.25) is 24.2 Å². The number of Topliss-reactive ketones (excluding diaryl/α,β-unsaturated/α-hetero) is 2. The number of aromatic hydroxyl groups is 2. The van der Waals surface area contributed by atoms with Gasteiger partial charge in [0.05, 0.1) is 20.3 Å². The van der Waals surface area contributed by atoms with Crippen LogP contribution in [0.25, 0.3) is 0 Å². The van der Waals surface area contributed by atoms with Crippen molar-refractivity contribution in [1.82, 2.24) is 9.80 Å². The largest absolute Gasteiger partial charge is 0.504 e. The van der Waals surface area contributed by atoms with Crippen LogP contribution < -0.4 is 0 Å². The molecule has 0 radical (unpaired) electrons. The fourth-order valence-corrected chi connectivity index (χ4v) is 9.55. The summed E-state index contributed by atoms with van der Waals surface area (Å²) in [5, 5.41) is 41.9. The zero-order valence-corrected chi connectivity index (χ0v) is 28.1. The molecule has 49 heavy (non-hydrogen) atoms. The number of halogens is 1. The number of hydrogen-bond donors (Lipinski definition) is 4. The predicted octanol–water partition coefficient (Wildman–Crippen LogP) is 3.95. The van der Waals surface area contributed by atoms with Gasteiger partial charge in [-0.05, 0) is 75.5 Å². The lowest BCUT2D eigenvalue weighted by atomic mass is 9.53. The molecule has 7 atom stereocenters. The molecular formula is C37H45ClN2O9. The fraction of sp³-hybridized carbons (Fsp3) is 0.486. The molecule has 0 aromatic heterocycles. The summed E-state index contributed by atoms with van der Waals surface area (Å²) < 4.78 is 10.5. The van der Waals surface area contributed by atoms with Crippen molar-refractivity contribution in [1.29, 1.82) is 0 Å². The van der Waals surface area contributed by atoms with Gasteiger partial charge >= 0.3 is 0 Å². The Hall–Kier alpha value is -3.90. The van der Waals surface area contributed by atoms with Gasteiger partial charge in [-0.25, -0.2) is 0 Å². The van der Waals surface area contributed by atoms with Crippen LogP contribution in [0.4, 0.5) is 0 Å². The fourth-order valence-electron chi connectivity index (χ4n) is 9.55. The van der Waals surface area contributed by atoms with Gasteiger partial charge in [0.15, 0.2) is 40.3 Å². The highest BCUT2D eigenvalue weighted by Crippen LogP contribution is 2.61. The second kappa shape index (κ2) is 12.8. The number of ketones is 3. The van der Waals surface area contributed by atoms with Crippen LogP contribution in [-0.2, 0) is 29.3 Å². The first-order valence-electron chi connectivity index (χ1n) is 16.0. The van der Waals surface area contributed by atoms with Gasteiger partial charge in [-0.1, -0.05) is 25.6 Å². The molecule has 11 nitrogen and oxygen atoms in total. The van der Waals surface area contributed by atoms with Gasteiger partial charge in [0.25, 0.3) is 0 Å². The Bertz CT molecular complexity index is 1760. The number of benzene rings is 1. The molecule has 5 aliphatic carbocycles. The monoisotopic (exact) mass is 696 g/mol. The van der Waals surface area contributed by atoms with Gasteiger partial charge in [0.2, 0.25) is 5.78 Å². The summed E-state index contributed by atoms with van der Waals surface area (Å²) in [6.45, 7) is 1.53. The third-order valence-electron chi connectivity index (χ3n) is 11.8. The van der Waals surface area contributed by atoms with Crippen LogP contribution in [0.5, 0.6) is 11.5 Å². The van der Waals surface area contributed by atoms with E-state index in [9.17, 15) is 34.8 Å². The van der Waals surface area contributed by atoms with E-state index in [2.05, 4.69) is 22.9 Å². The average Bonchev–Trinajstić information content (AvgIpc) is 3.04. The van der Waals surface area contributed by atoms with Crippen LogP contribution in [-0.4, -0.2) is 101 Å². The number of fused-ring (bicyclic) bond motifs is 2. The summed E-state index contributed by atoms with van der Waals surface area (Å²) in [6, 6.07) is 2.98. The van der Waals surface area contributed by atoms with Gasteiger partial charge in [-0.2, -0.15) is 0 Å². The summed E-state index contributed by atoms with van der Waals surface area (Å²) in [4.78, 5) is 41.4. The molecule has 0 spiro atoms. The maximum absolute atomic E-state index is 12.5. The minimum absolute atomic E-state index is 0. The molecular weight excluding hydrogens is 652 g/mol. The molecule has 0 amide bonds. The number of aliphatic hydroxyl groups excluding tert-OH is 2. The first-order chi connectivity index (χ1) is 22.4. The first kappa shape index (κ1) is 36.4. The van der Waals surface area contributed by atoms with E-state index in [1.807, 2.05) is 13.1 Å². The van der Waals surface area contributed by atoms with Crippen molar-refractivity contribution in [3.05, 3.63) is 82.1 Å². The minimum Gasteiger partial charge on any atom is -0.504 e. The third-order valence-corrected chi connectivity index (χ3v) is 11.8. The number of allylic oxidation sites excluding steroid dienone is 6. The van der Waals surface area contributed by atoms with Crippen LogP contribution in [0.3, 0.4) is 0 Å². The van der Waals surface area contributed by atoms with E-state index in [1.165, 1.54) is 26.4 Å². The lowest BCUT2D eigenvalue weighted by Crippen LogP contribution is -2.61. The van der Waals surface area contributed by atoms with Gasteiger partial charge in [0, 0.05) is 58.7 Å². The number of piperidine rings is 2. The number of likely N-dealkylation sites (tertiary alicyclic amines) is 2.